The van der Waals surface area contributed by atoms with Crippen LogP contribution in [0.25, 0.3) is 10.1 Å². The lowest BCUT2D eigenvalue weighted by molar-refractivity contribution is -0.122. The van der Waals surface area contributed by atoms with Gasteiger partial charge in [-0.2, -0.15) is 0 Å². The van der Waals surface area contributed by atoms with Gasteiger partial charge in [0, 0.05) is 10.7 Å². The molecule has 1 aromatic heterocycles. The first-order valence-corrected chi connectivity index (χ1v) is 9.49. The van der Waals surface area contributed by atoms with Crippen LogP contribution in [0, 0.1) is 12.8 Å². The van der Waals surface area contributed by atoms with Crippen LogP contribution in [0.5, 0.6) is 0 Å². The van der Waals surface area contributed by atoms with Crippen LogP contribution in [0.15, 0.2) is 24.3 Å². The van der Waals surface area contributed by atoms with Crippen molar-refractivity contribution in [3.63, 3.8) is 0 Å². The van der Waals surface area contributed by atoms with Gasteiger partial charge in [-0.3, -0.25) is 9.59 Å². The number of aryl methyl sites for hydroxylation is 1. The molecule has 4 nitrogen and oxygen atoms in total. The summed E-state index contributed by atoms with van der Waals surface area (Å²) in [4.78, 5) is 27.9. The van der Waals surface area contributed by atoms with Crippen molar-refractivity contribution in [1.29, 1.82) is 0 Å². The predicted molar refractivity (Wildman–Crippen MR) is 96.1 cm³/mol. The van der Waals surface area contributed by atoms with E-state index >= 15 is 0 Å². The van der Waals surface area contributed by atoms with Crippen molar-refractivity contribution in [3.8, 4) is 0 Å². The SMILES string of the molecule is Cc1c(C(=O)N2[C@H](C(N)=O)C[C@H]3CCCC[C@@H]32)sc2ccccc12. The Balaban J connectivity index is 1.75. The third kappa shape index (κ3) is 2.34. The van der Waals surface area contributed by atoms with Crippen LogP contribution >= 0.6 is 11.3 Å². The van der Waals surface area contributed by atoms with E-state index < -0.39 is 6.04 Å². The van der Waals surface area contributed by atoms with E-state index in [2.05, 4.69) is 6.07 Å². The van der Waals surface area contributed by atoms with Gasteiger partial charge in [0.2, 0.25) is 5.91 Å². The number of fused-ring (bicyclic) bond motifs is 2. The number of amides is 2. The van der Waals surface area contributed by atoms with Crippen molar-refractivity contribution in [2.75, 3.05) is 0 Å². The topological polar surface area (TPSA) is 63.4 Å². The quantitative estimate of drug-likeness (QED) is 0.908. The number of carbonyl (C=O) groups is 2. The Morgan fingerprint density at radius 1 is 1.21 bits per heavy atom. The number of likely N-dealkylation sites (tertiary alicyclic amines) is 1. The smallest absolute Gasteiger partial charge is 0.265 e. The van der Waals surface area contributed by atoms with Gasteiger partial charge in [-0.15, -0.1) is 11.3 Å². The summed E-state index contributed by atoms with van der Waals surface area (Å²) < 4.78 is 1.12. The third-order valence-corrected chi connectivity index (χ3v) is 6.95. The molecule has 0 radical (unpaired) electrons. The maximum Gasteiger partial charge on any atom is 0.265 e. The Hall–Kier alpha value is -1.88. The number of primary amides is 1. The first kappa shape index (κ1) is 15.6. The highest BCUT2D eigenvalue weighted by atomic mass is 32.1. The molecule has 2 aromatic rings. The number of rotatable bonds is 2. The lowest BCUT2D eigenvalue weighted by Crippen LogP contribution is -2.48. The Labute approximate surface area is 145 Å². The van der Waals surface area contributed by atoms with Gasteiger partial charge in [0.15, 0.2) is 0 Å². The zero-order valence-corrected chi connectivity index (χ0v) is 14.6. The summed E-state index contributed by atoms with van der Waals surface area (Å²) >= 11 is 1.53. The molecule has 5 heteroatoms. The Kier molecular flexibility index (Phi) is 3.83. The largest absolute Gasteiger partial charge is 0.368 e. The maximum absolute atomic E-state index is 13.3. The van der Waals surface area contributed by atoms with Crippen LogP contribution in [0.2, 0.25) is 0 Å². The van der Waals surface area contributed by atoms with Crippen molar-refractivity contribution in [3.05, 3.63) is 34.7 Å². The van der Waals surface area contributed by atoms with Gasteiger partial charge in [0.1, 0.15) is 6.04 Å². The zero-order chi connectivity index (χ0) is 16.8. The van der Waals surface area contributed by atoms with Crippen molar-refractivity contribution in [1.82, 2.24) is 4.90 Å². The predicted octanol–water partition coefficient (Wildman–Crippen LogP) is 3.47. The normalized spacial score (nSPS) is 26.5. The summed E-state index contributed by atoms with van der Waals surface area (Å²) in [5.74, 6) is 0.0540. The number of hydrogen-bond acceptors (Lipinski definition) is 3. The Bertz CT molecular complexity index is 813. The van der Waals surface area contributed by atoms with E-state index in [1.807, 2.05) is 30.0 Å². The summed E-state index contributed by atoms with van der Waals surface area (Å²) in [7, 11) is 0. The number of hydrogen-bond donors (Lipinski definition) is 1. The monoisotopic (exact) mass is 342 g/mol. The molecule has 0 bridgehead atoms. The van der Waals surface area contributed by atoms with Gasteiger partial charge in [-0.05, 0) is 49.1 Å². The van der Waals surface area contributed by atoms with E-state index in [0.29, 0.717) is 5.92 Å². The second kappa shape index (κ2) is 5.88. The minimum atomic E-state index is -0.449. The minimum absolute atomic E-state index is 0.00750. The number of nitrogens with zero attached hydrogens (tertiary/aromatic N) is 1. The average Bonchev–Trinajstić information content (AvgIpc) is 3.13. The van der Waals surface area contributed by atoms with E-state index in [1.54, 1.807) is 0 Å². The van der Waals surface area contributed by atoms with Crippen molar-refractivity contribution >= 4 is 33.2 Å². The molecule has 2 amide bonds. The molecule has 1 saturated heterocycles. The highest BCUT2D eigenvalue weighted by Crippen LogP contribution is 2.42. The van der Waals surface area contributed by atoms with E-state index in [0.717, 1.165) is 46.2 Å². The van der Waals surface area contributed by atoms with Gasteiger partial charge >= 0.3 is 0 Å². The fourth-order valence-electron chi connectivity index (χ4n) is 4.50. The fourth-order valence-corrected chi connectivity index (χ4v) is 5.66. The second-order valence-electron chi connectivity index (χ2n) is 7.03. The molecule has 0 spiro atoms. The van der Waals surface area contributed by atoms with Crippen LogP contribution in [-0.4, -0.2) is 28.8 Å². The highest BCUT2D eigenvalue weighted by Gasteiger charge is 2.47. The molecule has 2 aliphatic rings. The Morgan fingerprint density at radius 3 is 2.71 bits per heavy atom. The first-order valence-electron chi connectivity index (χ1n) is 8.68. The maximum atomic E-state index is 13.3. The highest BCUT2D eigenvalue weighted by molar-refractivity contribution is 7.21. The van der Waals surface area contributed by atoms with E-state index in [1.165, 1.54) is 17.8 Å². The lowest BCUT2D eigenvalue weighted by atomic mass is 9.84. The standard InChI is InChI=1S/C19H22N2O2S/c1-11-13-7-3-5-9-16(13)24-17(11)19(23)21-14-8-4-2-6-12(14)10-15(21)18(20)22/h3,5,7,9,12,14-15H,2,4,6,8,10H2,1H3,(H2,20,22)/t12-,14+,15+/m1/s1. The number of benzene rings is 1. The van der Waals surface area contributed by atoms with Crippen molar-refractivity contribution < 1.29 is 9.59 Å². The molecule has 1 aromatic carbocycles. The van der Waals surface area contributed by atoms with Gasteiger partial charge in [-0.1, -0.05) is 31.0 Å². The molecule has 24 heavy (non-hydrogen) atoms. The summed E-state index contributed by atoms with van der Waals surface area (Å²) in [6.07, 6.45) is 5.14. The van der Waals surface area contributed by atoms with Crippen molar-refractivity contribution in [2.24, 2.45) is 11.7 Å². The zero-order valence-electron chi connectivity index (χ0n) is 13.8. The Morgan fingerprint density at radius 2 is 1.96 bits per heavy atom. The minimum Gasteiger partial charge on any atom is -0.368 e. The molecule has 0 unspecified atom stereocenters. The van der Waals surface area contributed by atoms with Crippen molar-refractivity contribution in [2.45, 2.75) is 51.1 Å². The second-order valence-corrected chi connectivity index (χ2v) is 8.08. The van der Waals surface area contributed by atoms with Gasteiger partial charge in [0.25, 0.3) is 5.91 Å². The van der Waals surface area contributed by atoms with Gasteiger partial charge in [0.05, 0.1) is 4.88 Å². The first-order chi connectivity index (χ1) is 11.6. The third-order valence-electron chi connectivity index (χ3n) is 5.69. The molecule has 2 heterocycles. The fraction of sp³-hybridized carbons (Fsp3) is 0.474. The van der Waals surface area contributed by atoms with Crippen LogP contribution in [0.4, 0.5) is 0 Å². The van der Waals surface area contributed by atoms with Crippen LogP contribution in [-0.2, 0) is 4.79 Å². The number of thiophene rings is 1. The van der Waals surface area contributed by atoms with E-state index in [4.69, 9.17) is 5.73 Å². The summed E-state index contributed by atoms with van der Waals surface area (Å²) in [5, 5.41) is 1.13. The average molecular weight is 342 g/mol. The van der Waals surface area contributed by atoms with E-state index in [9.17, 15) is 9.59 Å². The van der Waals surface area contributed by atoms with Crippen LogP contribution in [0.1, 0.15) is 47.3 Å². The van der Waals surface area contributed by atoms with Crippen LogP contribution < -0.4 is 5.73 Å². The number of carbonyl (C=O) groups excluding carboxylic acids is 2. The molecule has 2 N–H and O–H groups in total. The van der Waals surface area contributed by atoms with E-state index in [-0.39, 0.29) is 17.9 Å². The molecular weight excluding hydrogens is 320 g/mol. The molecule has 1 aliphatic carbocycles. The van der Waals surface area contributed by atoms with Gasteiger partial charge < -0.3 is 10.6 Å². The van der Waals surface area contributed by atoms with Gasteiger partial charge in [-0.25, -0.2) is 0 Å². The molecule has 126 valence electrons. The number of nitrogens with two attached hydrogens (primary N) is 1. The lowest BCUT2D eigenvalue weighted by Gasteiger charge is -2.33. The summed E-state index contributed by atoms with van der Waals surface area (Å²) in [6.45, 7) is 2.00. The molecule has 1 aliphatic heterocycles. The molecular formula is C19H22N2O2S. The molecule has 4 rings (SSSR count). The molecule has 1 saturated carbocycles. The molecule has 3 atom stereocenters. The van der Waals surface area contributed by atoms with Crippen LogP contribution in [0.3, 0.4) is 0 Å². The molecule has 2 fully saturated rings. The summed E-state index contributed by atoms with van der Waals surface area (Å²) in [6, 6.07) is 7.81. The summed E-state index contributed by atoms with van der Waals surface area (Å²) in [5.41, 5.74) is 6.66.